The standard InChI is InChI=1S/C45H74O11/c1-12-34-17-15-13-14-16-27(4)42(51)44(11,53)43(52)32(9)40(50)31(8)39(49)30(7)38(48)26(3)18-21-37(47)54-41-29(6)35(20-19-34)55-45(33(41)10)23-22-25(2)36(56-45)24-28(5)46/h13-15,17-18,21,25-36,38,40-42,46,48,50-51,53H,12,16,19-20,22-24H2,1-11H3/t25?,26?,27?,28?,29?,30?,31?,32?,33?,34-,35+,36+,38?,40?,41+,42?,44-,45+/m0/s1. The van der Waals surface area contributed by atoms with Gasteiger partial charge in [0.1, 0.15) is 17.5 Å². The van der Waals surface area contributed by atoms with Crippen molar-refractivity contribution in [3.8, 4) is 0 Å². The molecule has 11 nitrogen and oxygen atoms in total. The van der Waals surface area contributed by atoms with Gasteiger partial charge in [-0.3, -0.25) is 9.59 Å². The molecular formula is C45H74O11. The molecule has 0 radical (unpaired) electrons. The third-order valence-electron chi connectivity index (χ3n) is 13.4. The van der Waals surface area contributed by atoms with Gasteiger partial charge in [0.25, 0.3) is 0 Å². The number of carbonyl (C=O) groups excluding carboxylic acids is 3. The summed E-state index contributed by atoms with van der Waals surface area (Å²) in [6, 6.07) is 0. The lowest BCUT2D eigenvalue weighted by Gasteiger charge is -2.55. The first-order valence-electron chi connectivity index (χ1n) is 21.2. The minimum absolute atomic E-state index is 0.168. The predicted molar refractivity (Wildman–Crippen MR) is 215 cm³/mol. The van der Waals surface area contributed by atoms with Gasteiger partial charge in [0.2, 0.25) is 0 Å². The molecule has 0 amide bonds. The van der Waals surface area contributed by atoms with Crippen LogP contribution in [0.4, 0.5) is 0 Å². The van der Waals surface area contributed by atoms with Crippen LogP contribution in [0.5, 0.6) is 0 Å². The monoisotopic (exact) mass is 791 g/mol. The Morgan fingerprint density at radius 1 is 0.839 bits per heavy atom. The van der Waals surface area contributed by atoms with E-state index in [4.69, 9.17) is 14.2 Å². The van der Waals surface area contributed by atoms with E-state index in [1.54, 1.807) is 20.8 Å². The van der Waals surface area contributed by atoms with Crippen molar-refractivity contribution in [1.29, 1.82) is 0 Å². The van der Waals surface area contributed by atoms with Crippen molar-refractivity contribution < 1.29 is 54.1 Å². The van der Waals surface area contributed by atoms with Crippen molar-refractivity contribution in [2.24, 2.45) is 53.3 Å². The second-order valence-corrected chi connectivity index (χ2v) is 18.0. The van der Waals surface area contributed by atoms with Crippen LogP contribution in [0.1, 0.15) is 121 Å². The van der Waals surface area contributed by atoms with Gasteiger partial charge in [0.15, 0.2) is 11.6 Å². The van der Waals surface area contributed by atoms with E-state index in [0.717, 1.165) is 19.3 Å². The Morgan fingerprint density at radius 2 is 1.48 bits per heavy atom. The number of rotatable bonds is 3. The first kappa shape index (κ1) is 48.1. The summed E-state index contributed by atoms with van der Waals surface area (Å²) in [5, 5.41) is 55.0. The first-order chi connectivity index (χ1) is 26.1. The molecule has 0 aromatic rings. The molecule has 3 aliphatic heterocycles. The van der Waals surface area contributed by atoms with E-state index < -0.39 is 89.0 Å². The second kappa shape index (κ2) is 20.6. The van der Waals surface area contributed by atoms with Crippen LogP contribution in [0.25, 0.3) is 0 Å². The lowest BCUT2D eigenvalue weighted by atomic mass is 9.74. The van der Waals surface area contributed by atoms with Crippen LogP contribution >= 0.6 is 0 Å². The summed E-state index contributed by atoms with van der Waals surface area (Å²) in [6.45, 7) is 19.1. The Balaban J connectivity index is 1.99. The summed E-state index contributed by atoms with van der Waals surface area (Å²) >= 11 is 0. The van der Waals surface area contributed by atoms with Crippen LogP contribution in [0.2, 0.25) is 0 Å². The van der Waals surface area contributed by atoms with Crippen molar-refractivity contribution in [1.82, 2.24) is 0 Å². The van der Waals surface area contributed by atoms with Gasteiger partial charge >= 0.3 is 5.97 Å². The number of ketones is 2. The zero-order valence-electron chi connectivity index (χ0n) is 35.8. The number of ether oxygens (including phenoxy) is 3. The third-order valence-corrected chi connectivity index (χ3v) is 13.4. The number of aliphatic hydroxyl groups excluding tert-OH is 4. The van der Waals surface area contributed by atoms with Crippen LogP contribution < -0.4 is 0 Å². The Hall–Kier alpha value is -2.25. The maximum absolute atomic E-state index is 13.5. The van der Waals surface area contributed by atoms with Crippen LogP contribution in [-0.2, 0) is 28.6 Å². The van der Waals surface area contributed by atoms with Crippen LogP contribution in [0, 0.1) is 53.3 Å². The third kappa shape index (κ3) is 11.5. The molecule has 3 aliphatic rings. The van der Waals surface area contributed by atoms with E-state index in [1.807, 2.05) is 32.1 Å². The highest BCUT2D eigenvalue weighted by Gasteiger charge is 2.56. The molecule has 12 unspecified atom stereocenters. The Bertz CT molecular complexity index is 1390. The summed E-state index contributed by atoms with van der Waals surface area (Å²) in [6.07, 6.45) is 9.62. The first-order valence-corrected chi connectivity index (χ1v) is 21.2. The molecule has 0 aromatic carbocycles. The number of esters is 1. The van der Waals surface area contributed by atoms with Gasteiger partial charge in [-0.25, -0.2) is 4.79 Å². The fourth-order valence-electron chi connectivity index (χ4n) is 9.01. The number of hydrogen-bond acceptors (Lipinski definition) is 11. The van der Waals surface area contributed by atoms with Crippen molar-refractivity contribution >= 4 is 17.5 Å². The predicted octanol–water partition coefficient (Wildman–Crippen LogP) is 5.88. The zero-order valence-corrected chi connectivity index (χ0v) is 35.8. The van der Waals surface area contributed by atoms with Gasteiger partial charge in [0.05, 0.1) is 36.6 Å². The Kier molecular flexibility index (Phi) is 17.7. The smallest absolute Gasteiger partial charge is 0.330 e. The molecular weight excluding hydrogens is 716 g/mol. The van der Waals surface area contributed by atoms with E-state index in [-0.39, 0.29) is 35.9 Å². The van der Waals surface area contributed by atoms with E-state index in [9.17, 15) is 39.9 Å². The quantitative estimate of drug-likeness (QED) is 0.216. The van der Waals surface area contributed by atoms with Crippen LogP contribution in [0.3, 0.4) is 0 Å². The summed E-state index contributed by atoms with van der Waals surface area (Å²) in [5.41, 5.74) is -2.18. The average Bonchev–Trinajstić information content (AvgIpc) is 3.16. The van der Waals surface area contributed by atoms with Gasteiger partial charge in [-0.1, -0.05) is 92.7 Å². The molecule has 320 valence electrons. The topological polar surface area (TPSA) is 180 Å². The molecule has 2 bridgehead atoms. The van der Waals surface area contributed by atoms with Gasteiger partial charge in [-0.05, 0) is 70.1 Å². The van der Waals surface area contributed by atoms with Crippen molar-refractivity contribution in [2.75, 3.05) is 0 Å². The van der Waals surface area contributed by atoms with Crippen molar-refractivity contribution in [3.63, 3.8) is 0 Å². The molecule has 0 saturated carbocycles. The lowest BCUT2D eigenvalue weighted by Crippen LogP contribution is -2.62. The van der Waals surface area contributed by atoms with E-state index >= 15 is 0 Å². The Labute approximate surface area is 336 Å². The van der Waals surface area contributed by atoms with E-state index in [0.29, 0.717) is 25.7 Å². The highest BCUT2D eigenvalue weighted by atomic mass is 16.7. The molecule has 2 fully saturated rings. The molecule has 18 atom stereocenters. The number of fused-ring (bicyclic) bond motifs is 2. The fourth-order valence-corrected chi connectivity index (χ4v) is 9.01. The molecule has 2 saturated heterocycles. The molecule has 1 spiro atoms. The minimum atomic E-state index is -2.18. The van der Waals surface area contributed by atoms with E-state index in [1.165, 1.54) is 39.8 Å². The number of hydrogen-bond donors (Lipinski definition) is 5. The number of Topliss-reactive ketones (excluding diaryl/α,β-unsaturated/α-hetero) is 2. The molecule has 0 aromatic heterocycles. The molecule has 3 rings (SSSR count). The fraction of sp³-hybridized carbons (Fsp3) is 0.800. The largest absolute Gasteiger partial charge is 0.458 e. The molecule has 0 aliphatic carbocycles. The van der Waals surface area contributed by atoms with Gasteiger partial charge < -0.3 is 39.7 Å². The zero-order chi connectivity index (χ0) is 42.3. The van der Waals surface area contributed by atoms with Gasteiger partial charge in [-0.15, -0.1) is 0 Å². The van der Waals surface area contributed by atoms with Crippen LogP contribution in [-0.4, -0.2) is 97.2 Å². The molecule has 5 N–H and O–H groups in total. The van der Waals surface area contributed by atoms with Gasteiger partial charge in [-0.2, -0.15) is 0 Å². The lowest BCUT2D eigenvalue weighted by molar-refractivity contribution is -0.371. The molecule has 56 heavy (non-hydrogen) atoms. The van der Waals surface area contributed by atoms with E-state index in [2.05, 4.69) is 19.9 Å². The summed E-state index contributed by atoms with van der Waals surface area (Å²) < 4.78 is 20.0. The summed E-state index contributed by atoms with van der Waals surface area (Å²) in [4.78, 5) is 40.5. The summed E-state index contributed by atoms with van der Waals surface area (Å²) in [7, 11) is 0. The molecule has 11 heteroatoms. The van der Waals surface area contributed by atoms with Gasteiger partial charge in [0, 0.05) is 48.0 Å². The summed E-state index contributed by atoms with van der Waals surface area (Å²) in [5.74, 6) is -7.28. The number of carbonyl (C=O) groups is 3. The average molecular weight is 791 g/mol. The van der Waals surface area contributed by atoms with Crippen molar-refractivity contribution in [2.45, 2.75) is 175 Å². The highest BCUT2D eigenvalue weighted by Crippen LogP contribution is 2.49. The normalized spacial score (nSPS) is 45.1. The Morgan fingerprint density at radius 3 is 2.11 bits per heavy atom. The second-order valence-electron chi connectivity index (χ2n) is 18.0. The maximum Gasteiger partial charge on any atom is 0.330 e. The maximum atomic E-state index is 13.5. The minimum Gasteiger partial charge on any atom is -0.458 e. The number of aliphatic hydroxyl groups is 5. The van der Waals surface area contributed by atoms with Crippen molar-refractivity contribution in [3.05, 3.63) is 36.5 Å². The van der Waals surface area contributed by atoms with Crippen LogP contribution in [0.15, 0.2) is 36.5 Å². The highest BCUT2D eigenvalue weighted by molar-refractivity contribution is 5.91. The number of allylic oxidation sites excluding steroid dienone is 4. The molecule has 3 heterocycles. The SMILES string of the molecule is CC[C@H]1C=CC=CCC(C)C(O)[C@](C)(O)C(=O)C(C)C(O)C(C)C(=O)C(C)C(O)C(C)C=CC(=O)O[C@@H]2C(C)[C@@H](CC1)O[C@@]1(CCC(C)[C@@H](CC(C)O)O1)C2C.